The van der Waals surface area contributed by atoms with Crippen molar-refractivity contribution in [2.75, 3.05) is 17.9 Å². The van der Waals surface area contributed by atoms with Crippen molar-refractivity contribution in [1.82, 2.24) is 4.98 Å². The Morgan fingerprint density at radius 2 is 2.25 bits per heavy atom. The molecule has 0 amide bonds. The van der Waals surface area contributed by atoms with Gasteiger partial charge in [0.1, 0.15) is 5.82 Å². The number of hydrogen-bond donors (Lipinski definition) is 3. The van der Waals surface area contributed by atoms with Gasteiger partial charge in [-0.25, -0.2) is 10.8 Å². The van der Waals surface area contributed by atoms with E-state index in [1.165, 1.54) is 12.1 Å². The lowest BCUT2D eigenvalue weighted by atomic mass is 9.64. The molecule has 1 fully saturated rings. The molecule has 1 aromatic rings. The summed E-state index contributed by atoms with van der Waals surface area (Å²) >= 11 is 0. The molecule has 2 atom stereocenters. The quantitative estimate of drug-likeness (QED) is 0.425. The Bertz CT molecular complexity index is 520. The van der Waals surface area contributed by atoms with Gasteiger partial charge in [-0.3, -0.25) is 10.1 Å². The highest BCUT2D eigenvalue weighted by Gasteiger charge is 2.49. The normalized spacial score (nSPS) is 23.8. The van der Waals surface area contributed by atoms with E-state index in [4.69, 9.17) is 10.6 Å². The number of aromatic nitrogens is 1. The maximum atomic E-state index is 11.0. The molecular weight excluding hydrogens is 262 g/mol. The lowest BCUT2D eigenvalue weighted by Crippen LogP contribution is -2.57. The van der Waals surface area contributed by atoms with E-state index in [1.807, 2.05) is 0 Å². The molecule has 1 aliphatic rings. The van der Waals surface area contributed by atoms with Gasteiger partial charge in [0.25, 0.3) is 0 Å². The van der Waals surface area contributed by atoms with Gasteiger partial charge in [0.2, 0.25) is 5.82 Å². The van der Waals surface area contributed by atoms with Gasteiger partial charge in [-0.05, 0) is 12.5 Å². The highest BCUT2D eigenvalue weighted by molar-refractivity contribution is 5.60. The van der Waals surface area contributed by atoms with Gasteiger partial charge >= 0.3 is 5.69 Å². The van der Waals surface area contributed by atoms with Crippen molar-refractivity contribution < 1.29 is 9.66 Å². The van der Waals surface area contributed by atoms with Crippen molar-refractivity contribution >= 4 is 17.3 Å². The van der Waals surface area contributed by atoms with Gasteiger partial charge in [0.05, 0.1) is 11.0 Å². The third-order valence-corrected chi connectivity index (χ3v) is 3.99. The number of ether oxygens (including phenoxy) is 1. The number of pyridine rings is 1. The number of nitrogens with zero attached hydrogens (tertiary/aromatic N) is 2. The summed E-state index contributed by atoms with van der Waals surface area (Å²) in [6, 6.07) is 2.91. The van der Waals surface area contributed by atoms with Gasteiger partial charge in [0.15, 0.2) is 0 Å². The Kier molecular flexibility index (Phi) is 3.78. The second kappa shape index (κ2) is 5.22. The van der Waals surface area contributed by atoms with Crippen LogP contribution in [0.15, 0.2) is 12.1 Å². The molecule has 0 aromatic carbocycles. The molecule has 1 saturated carbocycles. The fourth-order valence-electron chi connectivity index (χ4n) is 2.48. The number of methoxy groups -OCH3 is 1. The molecule has 1 aliphatic carbocycles. The molecular formula is C12H19N5O3. The molecule has 110 valence electrons. The van der Waals surface area contributed by atoms with Crippen molar-refractivity contribution in [3.63, 3.8) is 0 Å². The van der Waals surface area contributed by atoms with Crippen LogP contribution in [0.2, 0.25) is 0 Å². The number of nitrogens with two attached hydrogens (primary N) is 1. The summed E-state index contributed by atoms with van der Waals surface area (Å²) in [4.78, 5) is 14.7. The summed E-state index contributed by atoms with van der Waals surface area (Å²) in [5.41, 5.74) is 2.20. The fourth-order valence-corrected chi connectivity index (χ4v) is 2.48. The van der Waals surface area contributed by atoms with E-state index in [1.54, 1.807) is 7.11 Å². The highest BCUT2D eigenvalue weighted by Crippen LogP contribution is 2.44. The van der Waals surface area contributed by atoms with Crippen molar-refractivity contribution in [3.05, 3.63) is 22.2 Å². The van der Waals surface area contributed by atoms with Crippen LogP contribution >= 0.6 is 0 Å². The van der Waals surface area contributed by atoms with Crippen LogP contribution in [0.1, 0.15) is 20.3 Å². The van der Waals surface area contributed by atoms with Crippen LogP contribution in [0.5, 0.6) is 0 Å². The maximum Gasteiger partial charge on any atom is 0.311 e. The van der Waals surface area contributed by atoms with E-state index in [0.717, 1.165) is 6.42 Å². The molecule has 0 bridgehead atoms. The summed E-state index contributed by atoms with van der Waals surface area (Å²) in [6.07, 6.45) is 0.915. The molecule has 0 radical (unpaired) electrons. The molecule has 0 spiro atoms. The second-order valence-corrected chi connectivity index (χ2v) is 5.44. The maximum absolute atomic E-state index is 11.0. The first-order valence-corrected chi connectivity index (χ1v) is 6.31. The molecule has 8 heteroatoms. The van der Waals surface area contributed by atoms with Gasteiger partial charge < -0.3 is 15.5 Å². The number of anilines is 2. The molecule has 4 N–H and O–H groups in total. The number of nitro groups is 1. The lowest BCUT2D eigenvalue weighted by molar-refractivity contribution is -0.384. The minimum Gasteiger partial charge on any atom is -0.381 e. The topological polar surface area (TPSA) is 115 Å². The molecule has 0 saturated heterocycles. The number of nitrogens with one attached hydrogen (secondary N) is 2. The van der Waals surface area contributed by atoms with Crippen molar-refractivity contribution in [2.45, 2.75) is 32.4 Å². The van der Waals surface area contributed by atoms with Crippen molar-refractivity contribution in [2.24, 2.45) is 11.3 Å². The summed E-state index contributed by atoms with van der Waals surface area (Å²) in [5.74, 6) is 5.88. The van der Waals surface area contributed by atoms with Crippen LogP contribution < -0.4 is 16.6 Å². The van der Waals surface area contributed by atoms with Gasteiger partial charge in [-0.2, -0.15) is 0 Å². The molecule has 20 heavy (non-hydrogen) atoms. The zero-order valence-corrected chi connectivity index (χ0v) is 11.7. The Labute approximate surface area is 116 Å². The Balaban J connectivity index is 2.23. The van der Waals surface area contributed by atoms with Crippen LogP contribution in [0, 0.1) is 15.5 Å². The number of hydrazine groups is 1. The lowest BCUT2D eigenvalue weighted by Gasteiger charge is -2.51. The third kappa shape index (κ3) is 2.39. The first kappa shape index (κ1) is 14.5. The summed E-state index contributed by atoms with van der Waals surface area (Å²) in [7, 11) is 1.67. The Morgan fingerprint density at radius 1 is 1.55 bits per heavy atom. The average Bonchev–Trinajstić information content (AvgIpc) is 2.42. The standard InChI is InChI=1S/C12H19N5O3/c1-12(2)8(6-9(12)20-3)14-11-7(17(18)19)4-5-10(15-11)16-13/h4-5,8-9H,6,13H2,1-3H3,(H2,14,15,16). The first-order chi connectivity index (χ1) is 9.40. The predicted octanol–water partition coefficient (Wildman–Crippen LogP) is 1.50. The number of nitrogen functional groups attached to an aromatic ring is 1. The molecule has 8 nitrogen and oxygen atoms in total. The third-order valence-electron chi connectivity index (χ3n) is 3.99. The van der Waals surface area contributed by atoms with Crippen LogP contribution in [0.3, 0.4) is 0 Å². The van der Waals surface area contributed by atoms with E-state index in [2.05, 4.69) is 29.6 Å². The average molecular weight is 281 g/mol. The van der Waals surface area contributed by atoms with Crippen LogP contribution in [0.25, 0.3) is 0 Å². The molecule has 1 aromatic heterocycles. The smallest absolute Gasteiger partial charge is 0.311 e. The largest absolute Gasteiger partial charge is 0.381 e. The second-order valence-electron chi connectivity index (χ2n) is 5.44. The molecule has 2 rings (SSSR count). The molecule has 0 aliphatic heterocycles. The summed E-state index contributed by atoms with van der Waals surface area (Å²) < 4.78 is 5.37. The van der Waals surface area contributed by atoms with E-state index in [9.17, 15) is 10.1 Å². The number of rotatable bonds is 5. The van der Waals surface area contributed by atoms with E-state index >= 15 is 0 Å². The highest BCUT2D eigenvalue weighted by atomic mass is 16.6. The van der Waals surface area contributed by atoms with E-state index < -0.39 is 4.92 Å². The summed E-state index contributed by atoms with van der Waals surface area (Å²) in [6.45, 7) is 4.11. The van der Waals surface area contributed by atoms with Crippen molar-refractivity contribution in [1.29, 1.82) is 0 Å². The molecule has 1 heterocycles. The zero-order valence-electron chi connectivity index (χ0n) is 11.7. The first-order valence-electron chi connectivity index (χ1n) is 6.31. The fraction of sp³-hybridized carbons (Fsp3) is 0.583. The van der Waals surface area contributed by atoms with Crippen molar-refractivity contribution in [3.8, 4) is 0 Å². The van der Waals surface area contributed by atoms with Crippen LogP contribution in [0.4, 0.5) is 17.3 Å². The SMILES string of the molecule is COC1CC(Nc2nc(NN)ccc2[N+](=O)[O-])C1(C)C. The van der Waals surface area contributed by atoms with E-state index in [-0.39, 0.29) is 29.1 Å². The predicted molar refractivity (Wildman–Crippen MR) is 75.3 cm³/mol. The van der Waals surface area contributed by atoms with Gasteiger partial charge in [-0.1, -0.05) is 13.8 Å². The summed E-state index contributed by atoms with van der Waals surface area (Å²) in [5, 5.41) is 14.2. The van der Waals surface area contributed by atoms with E-state index in [0.29, 0.717) is 5.82 Å². The van der Waals surface area contributed by atoms with Crippen LogP contribution in [-0.2, 0) is 4.74 Å². The Morgan fingerprint density at radius 3 is 2.75 bits per heavy atom. The zero-order chi connectivity index (χ0) is 14.9. The minimum absolute atomic E-state index is 0.0617. The number of hydrogen-bond acceptors (Lipinski definition) is 7. The monoisotopic (exact) mass is 281 g/mol. The van der Waals surface area contributed by atoms with Gasteiger partial charge in [-0.15, -0.1) is 0 Å². The Hall–Kier alpha value is -1.93. The van der Waals surface area contributed by atoms with Gasteiger partial charge in [0, 0.05) is 24.6 Å². The van der Waals surface area contributed by atoms with Crippen LogP contribution in [-0.4, -0.2) is 29.2 Å². The minimum atomic E-state index is -0.463. The molecule has 2 unspecified atom stereocenters.